The number of aliphatic carboxylic acids is 3. The third kappa shape index (κ3) is 25.5. The number of carboxylic acids is 3. The molecule has 0 aromatic rings. The van der Waals surface area contributed by atoms with Crippen molar-refractivity contribution in [2.75, 3.05) is 13.2 Å². The summed E-state index contributed by atoms with van der Waals surface area (Å²) in [6, 6.07) is -2.36. The molecule has 3 atom stereocenters. The molecule has 29 heavy (non-hydrogen) atoms. The van der Waals surface area contributed by atoms with Gasteiger partial charge in [0.25, 0.3) is 0 Å². The van der Waals surface area contributed by atoms with E-state index in [1.54, 1.807) is 0 Å². The van der Waals surface area contributed by atoms with Crippen molar-refractivity contribution in [2.24, 2.45) is 33.7 Å². The highest BCUT2D eigenvalue weighted by Gasteiger charge is 2.10. The maximum absolute atomic E-state index is 10.3. The van der Waals surface area contributed by atoms with E-state index in [1.165, 1.54) is 0 Å². The predicted molar refractivity (Wildman–Crippen MR) is 108 cm³/mol. The lowest BCUT2D eigenvalue weighted by Gasteiger charge is -2.04. The number of nitrogens with zero attached hydrogens (tertiary/aromatic N) is 1. The third-order valence-electron chi connectivity index (χ3n) is 3.21. The fraction of sp³-hybridized carbons (Fsp3) is 0.750. The Labute approximate surface area is 169 Å². The van der Waals surface area contributed by atoms with E-state index < -0.39 is 36.0 Å². The van der Waals surface area contributed by atoms with E-state index in [1.807, 2.05) is 6.92 Å². The first-order valence-electron chi connectivity index (χ1n) is 9.01. The summed E-state index contributed by atoms with van der Waals surface area (Å²) in [5.74, 6) is -2.89. The van der Waals surface area contributed by atoms with Crippen molar-refractivity contribution in [1.82, 2.24) is 0 Å². The number of hydrogen-bond donors (Lipinski definition) is 9. The summed E-state index contributed by atoms with van der Waals surface area (Å²) < 4.78 is 0. The van der Waals surface area contributed by atoms with Crippen LogP contribution < -0.4 is 28.7 Å². The van der Waals surface area contributed by atoms with Gasteiger partial charge in [-0.1, -0.05) is 13.3 Å². The zero-order valence-electron chi connectivity index (χ0n) is 16.7. The molecule has 0 amide bonds. The van der Waals surface area contributed by atoms with Crippen LogP contribution in [0.5, 0.6) is 0 Å². The lowest BCUT2D eigenvalue weighted by Crippen LogP contribution is -2.30. The molecule has 0 aromatic heterocycles. The van der Waals surface area contributed by atoms with Gasteiger partial charge in [-0.05, 0) is 32.1 Å². The largest absolute Gasteiger partial charge is 0.480 e. The molecule has 13 nitrogen and oxygen atoms in total. The van der Waals surface area contributed by atoms with Crippen LogP contribution in [0, 0.1) is 0 Å². The molecule has 172 valence electrons. The highest BCUT2D eigenvalue weighted by atomic mass is 16.4. The van der Waals surface area contributed by atoms with Crippen molar-refractivity contribution in [3.05, 3.63) is 0 Å². The Balaban J connectivity index is -0.000000368. The van der Waals surface area contributed by atoms with Crippen LogP contribution >= 0.6 is 0 Å². The fourth-order valence-electron chi connectivity index (χ4n) is 1.50. The second-order valence-electron chi connectivity index (χ2n) is 5.94. The van der Waals surface area contributed by atoms with Gasteiger partial charge in [-0.3, -0.25) is 19.4 Å². The van der Waals surface area contributed by atoms with Gasteiger partial charge in [-0.25, -0.2) is 0 Å². The summed E-state index contributed by atoms with van der Waals surface area (Å²) in [4.78, 5) is 33.8. The molecule has 0 spiro atoms. The first-order valence-corrected chi connectivity index (χ1v) is 9.01. The predicted octanol–water partition coefficient (Wildman–Crippen LogP) is -2.18. The fourth-order valence-corrected chi connectivity index (χ4v) is 1.50. The van der Waals surface area contributed by atoms with Crippen molar-refractivity contribution in [3.8, 4) is 0 Å². The Kier molecular flexibility index (Phi) is 21.8. The van der Waals surface area contributed by atoms with E-state index in [-0.39, 0.29) is 19.0 Å². The Morgan fingerprint density at radius 2 is 1.21 bits per heavy atom. The van der Waals surface area contributed by atoms with Crippen molar-refractivity contribution in [3.63, 3.8) is 0 Å². The average Bonchev–Trinajstić information content (AvgIpc) is 2.62. The molecule has 0 saturated carbocycles. The lowest BCUT2D eigenvalue weighted by molar-refractivity contribution is -0.139. The minimum absolute atomic E-state index is 0.0579. The number of carboxylic acid groups (broad SMARTS) is 3. The molecule has 0 rings (SSSR count). The lowest BCUT2D eigenvalue weighted by atomic mass is 10.1. The van der Waals surface area contributed by atoms with E-state index in [4.69, 9.17) is 49.1 Å². The average molecular weight is 424 g/mol. The highest BCUT2D eigenvalue weighted by molar-refractivity contribution is 5.75. The molecule has 0 aliphatic heterocycles. The minimum atomic E-state index is -1.07. The van der Waals surface area contributed by atoms with Crippen molar-refractivity contribution < 1.29 is 34.8 Å². The van der Waals surface area contributed by atoms with Crippen LogP contribution in [0.1, 0.15) is 45.4 Å². The highest BCUT2D eigenvalue weighted by Crippen LogP contribution is 1.99. The van der Waals surface area contributed by atoms with Gasteiger partial charge in [0.2, 0.25) is 0 Å². The molecule has 0 aromatic carbocycles. The Morgan fingerprint density at radius 1 is 0.793 bits per heavy atom. The smallest absolute Gasteiger partial charge is 0.320 e. The molecule has 14 N–H and O–H groups in total. The van der Waals surface area contributed by atoms with Crippen molar-refractivity contribution >= 4 is 23.9 Å². The van der Waals surface area contributed by atoms with Crippen LogP contribution in [0.2, 0.25) is 0 Å². The van der Waals surface area contributed by atoms with Crippen LogP contribution in [-0.4, -0.2) is 75.6 Å². The maximum Gasteiger partial charge on any atom is 0.320 e. The second-order valence-corrected chi connectivity index (χ2v) is 5.94. The van der Waals surface area contributed by atoms with E-state index in [9.17, 15) is 14.4 Å². The first-order chi connectivity index (χ1) is 13.4. The normalized spacial score (nSPS) is 12.7. The van der Waals surface area contributed by atoms with E-state index in [2.05, 4.69) is 4.99 Å². The molecule has 0 heterocycles. The second kappa shape index (κ2) is 20.3. The molecule has 0 fully saturated rings. The Hall–Kier alpha value is -2.48. The summed E-state index contributed by atoms with van der Waals surface area (Å²) in [6.45, 7) is 2.25. The van der Waals surface area contributed by atoms with Gasteiger partial charge in [0, 0.05) is 13.2 Å². The number of hydrogen-bond acceptors (Lipinski definition) is 8. The number of unbranched alkanes of at least 4 members (excludes halogenated alkanes) is 1. The Bertz CT molecular complexity index is 464. The van der Waals surface area contributed by atoms with E-state index in [0.717, 1.165) is 12.8 Å². The molecule has 0 aliphatic rings. The van der Waals surface area contributed by atoms with Gasteiger partial charge in [0.05, 0.1) is 0 Å². The summed E-state index contributed by atoms with van der Waals surface area (Å²) >= 11 is 0. The zero-order chi connectivity index (χ0) is 23.4. The molecule has 0 saturated heterocycles. The van der Waals surface area contributed by atoms with Crippen LogP contribution in [0.4, 0.5) is 0 Å². The van der Waals surface area contributed by atoms with Crippen LogP contribution in [0.3, 0.4) is 0 Å². The molecule has 0 radical (unpaired) electrons. The first kappa shape index (κ1) is 31.2. The SMILES string of the molecule is CCC[C@H](N)C(=O)O.NC(N)=NCCCC[C@H](N)C(=O)O.N[C@@H](CCO)C(=O)O. The van der Waals surface area contributed by atoms with Gasteiger partial charge < -0.3 is 49.1 Å². The number of guanidine groups is 1. The molecule has 0 aliphatic carbocycles. The molecule has 0 bridgehead atoms. The van der Waals surface area contributed by atoms with Gasteiger partial charge in [-0.2, -0.15) is 0 Å². The third-order valence-corrected chi connectivity index (χ3v) is 3.21. The van der Waals surface area contributed by atoms with E-state index >= 15 is 0 Å². The number of carbonyl (C=O) groups is 3. The number of aliphatic imine (C=N–C) groups is 1. The number of aliphatic hydroxyl groups is 1. The quantitative estimate of drug-likeness (QED) is 0.0918. The Morgan fingerprint density at radius 3 is 1.48 bits per heavy atom. The summed E-state index contributed by atoms with van der Waals surface area (Å²) in [5.41, 5.74) is 25.6. The number of rotatable bonds is 12. The summed E-state index contributed by atoms with van der Waals surface area (Å²) in [6.07, 6.45) is 3.43. The van der Waals surface area contributed by atoms with Crippen molar-refractivity contribution in [2.45, 2.75) is 63.6 Å². The monoisotopic (exact) mass is 424 g/mol. The van der Waals surface area contributed by atoms with Gasteiger partial charge in [0.15, 0.2) is 5.96 Å². The number of aliphatic hydroxyl groups excluding tert-OH is 1. The number of nitrogens with two attached hydrogens (primary N) is 5. The molecular formula is C16H36N6O7. The molecule has 13 heteroatoms. The van der Waals surface area contributed by atoms with E-state index in [0.29, 0.717) is 25.8 Å². The maximum atomic E-state index is 10.3. The van der Waals surface area contributed by atoms with Gasteiger partial charge in [0.1, 0.15) is 18.1 Å². The summed E-state index contributed by atoms with van der Waals surface area (Å²) in [7, 11) is 0. The van der Waals surface area contributed by atoms with Crippen LogP contribution in [0.25, 0.3) is 0 Å². The molecule has 0 unspecified atom stereocenters. The zero-order valence-corrected chi connectivity index (χ0v) is 16.7. The molecular weight excluding hydrogens is 388 g/mol. The summed E-state index contributed by atoms with van der Waals surface area (Å²) in [5, 5.41) is 32.8. The minimum Gasteiger partial charge on any atom is -0.480 e. The van der Waals surface area contributed by atoms with Gasteiger partial charge >= 0.3 is 17.9 Å². The van der Waals surface area contributed by atoms with Crippen LogP contribution in [-0.2, 0) is 14.4 Å². The standard InChI is InChI=1S/C7H16N4O2.C5H11NO2.C4H9NO3/c8-5(6(12)13)3-1-2-4-11-7(9)10;1-2-3-4(6)5(7)8;5-3(1-2-6)4(7)8/h5H,1-4,8H2,(H,12,13)(H4,9,10,11);4H,2-3,6H2,1H3,(H,7,8);3,6H,1-2,5H2,(H,7,8)/t5-;4-;3-/m000/s1. The van der Waals surface area contributed by atoms with Gasteiger partial charge in [-0.15, -0.1) is 0 Å². The van der Waals surface area contributed by atoms with Crippen LogP contribution in [0.15, 0.2) is 4.99 Å². The van der Waals surface area contributed by atoms with Crippen molar-refractivity contribution in [1.29, 1.82) is 0 Å². The topological polar surface area (TPSA) is 275 Å².